The van der Waals surface area contributed by atoms with Crippen LogP contribution in [0, 0.1) is 0 Å². The summed E-state index contributed by atoms with van der Waals surface area (Å²) in [7, 11) is 0. The fraction of sp³-hybridized carbons (Fsp3) is 0.455. The minimum atomic E-state index is 0.459. The topological polar surface area (TPSA) is 82.6 Å². The molecule has 3 heterocycles. The van der Waals surface area contributed by atoms with Crippen LogP contribution in [0.15, 0.2) is 18.7 Å². The van der Waals surface area contributed by atoms with Gasteiger partial charge in [0.1, 0.15) is 6.33 Å². The first-order valence-corrected chi connectivity index (χ1v) is 5.99. The van der Waals surface area contributed by atoms with Crippen molar-refractivity contribution in [2.75, 3.05) is 24.5 Å². The van der Waals surface area contributed by atoms with Crippen LogP contribution >= 0.6 is 0 Å². The van der Waals surface area contributed by atoms with Crippen LogP contribution in [-0.2, 0) is 0 Å². The first-order chi connectivity index (χ1) is 8.83. The SMILES string of the molecule is C[C@H]1CN(c2n[nH]c(-c3cncnc3)n2)CCN1. The minimum absolute atomic E-state index is 0.459. The van der Waals surface area contributed by atoms with Gasteiger partial charge in [0.05, 0.1) is 5.56 Å². The molecule has 0 aliphatic carbocycles. The molecule has 0 radical (unpaired) electrons. The molecule has 7 heteroatoms. The third-order valence-electron chi connectivity index (χ3n) is 2.96. The second kappa shape index (κ2) is 4.69. The molecule has 0 bridgehead atoms. The van der Waals surface area contributed by atoms with Crippen LogP contribution in [0.2, 0.25) is 0 Å². The third-order valence-corrected chi connectivity index (χ3v) is 2.96. The molecule has 1 atom stereocenters. The molecule has 0 spiro atoms. The highest BCUT2D eigenvalue weighted by atomic mass is 15.4. The lowest BCUT2D eigenvalue weighted by Gasteiger charge is -2.30. The Morgan fingerprint density at radius 1 is 1.33 bits per heavy atom. The van der Waals surface area contributed by atoms with E-state index in [-0.39, 0.29) is 0 Å². The van der Waals surface area contributed by atoms with Gasteiger partial charge in [0, 0.05) is 38.1 Å². The average molecular weight is 245 g/mol. The predicted molar refractivity (Wildman–Crippen MR) is 67.1 cm³/mol. The van der Waals surface area contributed by atoms with Gasteiger partial charge in [0.2, 0.25) is 5.95 Å². The number of aromatic amines is 1. The largest absolute Gasteiger partial charge is 0.337 e. The van der Waals surface area contributed by atoms with Gasteiger partial charge in [-0.3, -0.25) is 5.10 Å². The average Bonchev–Trinajstić information content (AvgIpc) is 2.89. The van der Waals surface area contributed by atoms with Gasteiger partial charge in [-0.05, 0) is 6.92 Å². The van der Waals surface area contributed by atoms with Gasteiger partial charge in [-0.1, -0.05) is 0 Å². The lowest BCUT2D eigenvalue weighted by Crippen LogP contribution is -2.49. The van der Waals surface area contributed by atoms with E-state index < -0.39 is 0 Å². The van der Waals surface area contributed by atoms with Gasteiger partial charge in [0.25, 0.3) is 0 Å². The molecular weight excluding hydrogens is 230 g/mol. The number of aromatic nitrogens is 5. The predicted octanol–water partition coefficient (Wildman–Crippen LogP) is 0.0598. The zero-order valence-electron chi connectivity index (χ0n) is 10.2. The summed E-state index contributed by atoms with van der Waals surface area (Å²) in [6.45, 7) is 4.96. The van der Waals surface area contributed by atoms with E-state index in [9.17, 15) is 0 Å². The molecule has 2 aromatic rings. The molecule has 94 valence electrons. The van der Waals surface area contributed by atoms with E-state index in [0.29, 0.717) is 11.9 Å². The first-order valence-electron chi connectivity index (χ1n) is 5.99. The van der Waals surface area contributed by atoms with Crippen LogP contribution in [-0.4, -0.2) is 50.8 Å². The third kappa shape index (κ3) is 2.17. The molecule has 1 aliphatic heterocycles. The smallest absolute Gasteiger partial charge is 0.245 e. The summed E-state index contributed by atoms with van der Waals surface area (Å²) in [5.41, 5.74) is 0.847. The monoisotopic (exact) mass is 245 g/mol. The lowest BCUT2D eigenvalue weighted by molar-refractivity contribution is 0.480. The highest BCUT2D eigenvalue weighted by Gasteiger charge is 2.19. The Labute approximate surface area is 105 Å². The maximum Gasteiger partial charge on any atom is 0.245 e. The summed E-state index contributed by atoms with van der Waals surface area (Å²) < 4.78 is 0. The molecule has 0 aromatic carbocycles. The van der Waals surface area contributed by atoms with Gasteiger partial charge in [-0.15, -0.1) is 5.10 Å². The number of nitrogens with one attached hydrogen (secondary N) is 2. The van der Waals surface area contributed by atoms with Gasteiger partial charge in [0.15, 0.2) is 5.82 Å². The fourth-order valence-corrected chi connectivity index (χ4v) is 2.06. The summed E-state index contributed by atoms with van der Waals surface area (Å²) in [6, 6.07) is 0.459. The molecule has 2 aromatic heterocycles. The molecular formula is C11H15N7. The van der Waals surface area contributed by atoms with Gasteiger partial charge < -0.3 is 10.2 Å². The van der Waals surface area contributed by atoms with Gasteiger partial charge >= 0.3 is 0 Å². The van der Waals surface area contributed by atoms with Crippen molar-refractivity contribution in [1.82, 2.24) is 30.5 Å². The van der Waals surface area contributed by atoms with Crippen LogP contribution in [0.1, 0.15) is 6.92 Å². The Kier molecular flexibility index (Phi) is 2.89. The lowest BCUT2D eigenvalue weighted by atomic mass is 10.2. The van der Waals surface area contributed by atoms with Crippen LogP contribution in [0.5, 0.6) is 0 Å². The van der Waals surface area contributed by atoms with Crippen molar-refractivity contribution in [2.45, 2.75) is 13.0 Å². The van der Waals surface area contributed by atoms with E-state index in [4.69, 9.17) is 0 Å². The number of hydrogen-bond acceptors (Lipinski definition) is 6. The number of piperazine rings is 1. The highest BCUT2D eigenvalue weighted by Crippen LogP contribution is 2.16. The zero-order valence-corrected chi connectivity index (χ0v) is 10.2. The van der Waals surface area contributed by atoms with Crippen molar-refractivity contribution >= 4 is 5.95 Å². The maximum absolute atomic E-state index is 4.49. The molecule has 1 saturated heterocycles. The number of hydrogen-bond donors (Lipinski definition) is 2. The van der Waals surface area contributed by atoms with E-state index in [1.165, 1.54) is 6.33 Å². The fourth-order valence-electron chi connectivity index (χ4n) is 2.06. The molecule has 7 nitrogen and oxygen atoms in total. The Balaban J connectivity index is 1.81. The first kappa shape index (κ1) is 11.1. The van der Waals surface area contributed by atoms with Crippen molar-refractivity contribution in [3.63, 3.8) is 0 Å². The summed E-state index contributed by atoms with van der Waals surface area (Å²) in [4.78, 5) is 14.6. The quantitative estimate of drug-likeness (QED) is 0.778. The minimum Gasteiger partial charge on any atom is -0.337 e. The summed E-state index contributed by atoms with van der Waals surface area (Å²) in [5.74, 6) is 1.44. The molecule has 0 saturated carbocycles. The normalized spacial score (nSPS) is 20.1. The van der Waals surface area contributed by atoms with Crippen molar-refractivity contribution in [2.24, 2.45) is 0 Å². The van der Waals surface area contributed by atoms with Crippen LogP contribution < -0.4 is 10.2 Å². The Hall–Kier alpha value is -2.02. The summed E-state index contributed by atoms with van der Waals surface area (Å²) in [5, 5.41) is 10.6. The number of nitrogens with zero attached hydrogens (tertiary/aromatic N) is 5. The van der Waals surface area contributed by atoms with E-state index in [2.05, 4.69) is 42.3 Å². The molecule has 1 fully saturated rings. The molecule has 3 rings (SSSR count). The Morgan fingerprint density at radius 3 is 2.94 bits per heavy atom. The second-order valence-electron chi connectivity index (χ2n) is 4.41. The maximum atomic E-state index is 4.49. The van der Waals surface area contributed by atoms with Crippen molar-refractivity contribution in [3.8, 4) is 11.4 Å². The Morgan fingerprint density at radius 2 is 2.17 bits per heavy atom. The van der Waals surface area contributed by atoms with Gasteiger partial charge in [-0.25, -0.2) is 9.97 Å². The second-order valence-corrected chi connectivity index (χ2v) is 4.41. The molecule has 2 N–H and O–H groups in total. The van der Waals surface area contributed by atoms with E-state index in [1.54, 1.807) is 12.4 Å². The number of H-pyrrole nitrogens is 1. The summed E-state index contributed by atoms with van der Waals surface area (Å²) >= 11 is 0. The molecule has 1 aliphatic rings. The number of anilines is 1. The van der Waals surface area contributed by atoms with Gasteiger partial charge in [-0.2, -0.15) is 4.98 Å². The van der Waals surface area contributed by atoms with E-state index in [0.717, 1.165) is 31.1 Å². The van der Waals surface area contributed by atoms with E-state index >= 15 is 0 Å². The van der Waals surface area contributed by atoms with Crippen LogP contribution in [0.3, 0.4) is 0 Å². The molecule has 18 heavy (non-hydrogen) atoms. The zero-order chi connectivity index (χ0) is 12.4. The molecule has 0 unspecified atom stereocenters. The van der Waals surface area contributed by atoms with Crippen molar-refractivity contribution in [3.05, 3.63) is 18.7 Å². The molecule has 0 amide bonds. The van der Waals surface area contributed by atoms with E-state index in [1.807, 2.05) is 0 Å². The van der Waals surface area contributed by atoms with Crippen LogP contribution in [0.4, 0.5) is 5.95 Å². The summed E-state index contributed by atoms with van der Waals surface area (Å²) in [6.07, 6.45) is 4.94. The van der Waals surface area contributed by atoms with Crippen molar-refractivity contribution in [1.29, 1.82) is 0 Å². The Bertz CT molecular complexity index is 509. The highest BCUT2D eigenvalue weighted by molar-refractivity contribution is 5.53. The number of rotatable bonds is 2. The van der Waals surface area contributed by atoms with Crippen molar-refractivity contribution < 1.29 is 0 Å². The van der Waals surface area contributed by atoms with Crippen LogP contribution in [0.25, 0.3) is 11.4 Å². The standard InChI is InChI=1S/C11H15N7/c1-8-6-18(3-2-14-8)11-15-10(16-17-11)9-4-12-7-13-5-9/h4-5,7-8,14H,2-3,6H2,1H3,(H,15,16,17)/t8-/m0/s1.